The molecular formula is C25H20N2O5S. The number of rotatable bonds is 7. The van der Waals surface area contributed by atoms with Crippen LogP contribution in [0.2, 0.25) is 0 Å². The van der Waals surface area contributed by atoms with E-state index in [2.05, 4.69) is 10.5 Å². The lowest BCUT2D eigenvalue weighted by Gasteiger charge is -2.11. The first-order valence-corrected chi connectivity index (χ1v) is 11.0. The fraction of sp³-hybridized carbons (Fsp3) is 0.0800. The number of fused-ring (bicyclic) bond motifs is 1. The molecule has 3 aromatic carbocycles. The Balaban J connectivity index is 1.47. The number of aromatic hydroxyl groups is 1. The zero-order valence-electron chi connectivity index (χ0n) is 17.6. The number of ether oxygens (including phenoxy) is 2. The Morgan fingerprint density at radius 1 is 1.03 bits per heavy atom. The van der Waals surface area contributed by atoms with Crippen molar-refractivity contribution in [1.29, 1.82) is 0 Å². The number of nitrogens with one attached hydrogen (secondary N) is 1. The Morgan fingerprint density at radius 2 is 1.82 bits per heavy atom. The van der Waals surface area contributed by atoms with E-state index < -0.39 is 11.9 Å². The number of hydrogen-bond donors (Lipinski definition) is 2. The maximum absolute atomic E-state index is 12.5. The lowest BCUT2D eigenvalue weighted by atomic mass is 10.1. The van der Waals surface area contributed by atoms with Crippen LogP contribution in [0.15, 0.2) is 77.2 Å². The van der Waals surface area contributed by atoms with Crippen LogP contribution in [0.3, 0.4) is 0 Å². The van der Waals surface area contributed by atoms with Gasteiger partial charge in [-0.3, -0.25) is 4.79 Å². The fourth-order valence-corrected chi connectivity index (χ4v) is 3.74. The van der Waals surface area contributed by atoms with Crippen molar-refractivity contribution in [2.45, 2.75) is 6.92 Å². The van der Waals surface area contributed by atoms with Crippen molar-refractivity contribution in [3.05, 3.63) is 88.1 Å². The smallest absolute Gasteiger partial charge is 0.353 e. The molecule has 0 aliphatic rings. The van der Waals surface area contributed by atoms with Gasteiger partial charge in [0.15, 0.2) is 11.5 Å². The van der Waals surface area contributed by atoms with Gasteiger partial charge in [0.05, 0.1) is 18.4 Å². The van der Waals surface area contributed by atoms with E-state index in [1.165, 1.54) is 17.6 Å². The van der Waals surface area contributed by atoms with Crippen LogP contribution in [0.5, 0.6) is 17.2 Å². The van der Waals surface area contributed by atoms with Gasteiger partial charge in [-0.1, -0.05) is 30.3 Å². The standard InChI is InChI=1S/C25H20N2O5S/c1-2-31-22-12-16(9-10-21(22)32-25(30)23-8-5-11-33-23)15-26-27-24(29)19-13-17-6-3-4-7-18(17)14-20(19)28/h3-15,28H,2H2,1H3,(H,27,29)/b26-15+. The van der Waals surface area contributed by atoms with Crippen molar-refractivity contribution in [3.63, 3.8) is 0 Å². The van der Waals surface area contributed by atoms with E-state index in [1.807, 2.05) is 31.2 Å². The third-order valence-corrected chi connectivity index (χ3v) is 5.53. The summed E-state index contributed by atoms with van der Waals surface area (Å²) in [6.45, 7) is 2.20. The number of nitrogens with zero attached hydrogens (tertiary/aromatic N) is 1. The highest BCUT2D eigenvalue weighted by atomic mass is 32.1. The van der Waals surface area contributed by atoms with Crippen LogP contribution in [0.4, 0.5) is 0 Å². The highest BCUT2D eigenvalue weighted by Gasteiger charge is 2.14. The number of thiophene rings is 1. The number of phenols is 1. The molecule has 4 rings (SSSR count). The van der Waals surface area contributed by atoms with Crippen LogP contribution >= 0.6 is 11.3 Å². The lowest BCUT2D eigenvalue weighted by Crippen LogP contribution is -2.17. The van der Waals surface area contributed by atoms with E-state index in [9.17, 15) is 14.7 Å². The molecule has 166 valence electrons. The largest absolute Gasteiger partial charge is 0.507 e. The van der Waals surface area contributed by atoms with E-state index in [4.69, 9.17) is 9.47 Å². The van der Waals surface area contributed by atoms with Crippen molar-refractivity contribution in [3.8, 4) is 17.2 Å². The maximum atomic E-state index is 12.5. The van der Waals surface area contributed by atoms with E-state index in [0.717, 1.165) is 10.8 Å². The summed E-state index contributed by atoms with van der Waals surface area (Å²) in [4.78, 5) is 25.2. The Hall–Kier alpha value is -4.17. The minimum atomic E-state index is -0.541. The predicted molar refractivity (Wildman–Crippen MR) is 128 cm³/mol. The number of phenolic OH excluding ortho intramolecular Hbond substituents is 1. The SMILES string of the molecule is CCOc1cc(/C=N/NC(=O)c2cc3ccccc3cc2O)ccc1OC(=O)c1cccs1. The topological polar surface area (TPSA) is 97.2 Å². The molecular weight excluding hydrogens is 440 g/mol. The lowest BCUT2D eigenvalue weighted by molar-refractivity contribution is 0.0733. The van der Waals surface area contributed by atoms with Gasteiger partial charge in [-0.2, -0.15) is 5.10 Å². The summed E-state index contributed by atoms with van der Waals surface area (Å²) in [6, 6.07) is 19.0. The Kier molecular flexibility index (Phi) is 6.66. The molecule has 33 heavy (non-hydrogen) atoms. The molecule has 1 heterocycles. The second-order valence-electron chi connectivity index (χ2n) is 6.92. The normalized spacial score (nSPS) is 10.9. The van der Waals surface area contributed by atoms with Gasteiger partial charge in [0, 0.05) is 0 Å². The number of hydrogen-bond acceptors (Lipinski definition) is 7. The van der Waals surface area contributed by atoms with Crippen LogP contribution in [0, 0.1) is 0 Å². The molecule has 0 aliphatic carbocycles. The summed E-state index contributed by atoms with van der Waals surface area (Å²) in [5.74, 6) is -0.463. The molecule has 0 fully saturated rings. The third kappa shape index (κ3) is 5.19. The van der Waals surface area contributed by atoms with Crippen molar-refractivity contribution < 1.29 is 24.2 Å². The van der Waals surface area contributed by atoms with Gasteiger partial charge in [0.25, 0.3) is 5.91 Å². The van der Waals surface area contributed by atoms with Gasteiger partial charge in [0.1, 0.15) is 10.6 Å². The second-order valence-corrected chi connectivity index (χ2v) is 7.87. The molecule has 0 bridgehead atoms. The maximum Gasteiger partial charge on any atom is 0.353 e. The summed E-state index contributed by atoms with van der Waals surface area (Å²) in [7, 11) is 0. The van der Waals surface area contributed by atoms with Gasteiger partial charge in [0.2, 0.25) is 0 Å². The minimum Gasteiger partial charge on any atom is -0.507 e. The molecule has 2 N–H and O–H groups in total. The molecule has 0 aliphatic heterocycles. The summed E-state index contributed by atoms with van der Waals surface area (Å²) in [6.07, 6.45) is 1.43. The van der Waals surface area contributed by atoms with Crippen LogP contribution in [0.1, 0.15) is 32.5 Å². The van der Waals surface area contributed by atoms with E-state index in [1.54, 1.807) is 47.8 Å². The molecule has 4 aromatic rings. The van der Waals surface area contributed by atoms with Gasteiger partial charge >= 0.3 is 5.97 Å². The number of carbonyl (C=O) groups excluding carboxylic acids is 2. The Morgan fingerprint density at radius 3 is 2.55 bits per heavy atom. The average molecular weight is 461 g/mol. The van der Waals surface area contributed by atoms with E-state index in [-0.39, 0.29) is 17.1 Å². The molecule has 8 heteroatoms. The average Bonchev–Trinajstić information content (AvgIpc) is 3.35. The number of hydrazone groups is 1. The molecule has 0 radical (unpaired) electrons. The Labute approximate surface area is 193 Å². The van der Waals surface area contributed by atoms with Gasteiger partial charge in [-0.25, -0.2) is 10.2 Å². The Bertz CT molecular complexity index is 1330. The monoisotopic (exact) mass is 460 g/mol. The molecule has 7 nitrogen and oxygen atoms in total. The fourth-order valence-electron chi connectivity index (χ4n) is 3.14. The minimum absolute atomic E-state index is 0.122. The van der Waals surface area contributed by atoms with Crippen molar-refractivity contribution in [2.24, 2.45) is 5.10 Å². The molecule has 1 aromatic heterocycles. The molecule has 0 spiro atoms. The first kappa shape index (κ1) is 22.0. The number of carbonyl (C=O) groups is 2. The molecule has 0 atom stereocenters. The summed E-state index contributed by atoms with van der Waals surface area (Å²) in [5.41, 5.74) is 3.16. The second kappa shape index (κ2) is 9.97. The molecule has 0 saturated carbocycles. The number of esters is 1. The highest BCUT2D eigenvalue weighted by Crippen LogP contribution is 2.29. The molecule has 1 amide bonds. The summed E-state index contributed by atoms with van der Waals surface area (Å²) >= 11 is 1.29. The molecule has 0 unspecified atom stereocenters. The van der Waals surface area contributed by atoms with E-state index in [0.29, 0.717) is 22.8 Å². The van der Waals surface area contributed by atoms with E-state index >= 15 is 0 Å². The van der Waals surface area contributed by atoms with Crippen LogP contribution in [0.25, 0.3) is 10.8 Å². The van der Waals surface area contributed by atoms with Gasteiger partial charge < -0.3 is 14.6 Å². The summed E-state index contributed by atoms with van der Waals surface area (Å²) < 4.78 is 11.0. The van der Waals surface area contributed by atoms with Crippen LogP contribution < -0.4 is 14.9 Å². The van der Waals surface area contributed by atoms with Gasteiger partial charge in [-0.15, -0.1) is 11.3 Å². The first-order valence-electron chi connectivity index (χ1n) is 10.1. The predicted octanol–water partition coefficient (Wildman–Crippen LogP) is 4.99. The quantitative estimate of drug-likeness (QED) is 0.175. The van der Waals surface area contributed by atoms with Gasteiger partial charge in [-0.05, 0) is 65.0 Å². The molecule has 0 saturated heterocycles. The van der Waals surface area contributed by atoms with Crippen LogP contribution in [-0.2, 0) is 0 Å². The number of amides is 1. The zero-order valence-corrected chi connectivity index (χ0v) is 18.5. The van der Waals surface area contributed by atoms with Crippen molar-refractivity contribution in [1.82, 2.24) is 5.43 Å². The summed E-state index contributed by atoms with van der Waals surface area (Å²) in [5, 5.41) is 17.6. The van der Waals surface area contributed by atoms with Crippen molar-refractivity contribution in [2.75, 3.05) is 6.61 Å². The number of benzene rings is 3. The highest BCUT2D eigenvalue weighted by molar-refractivity contribution is 7.12. The zero-order chi connectivity index (χ0) is 23.2. The third-order valence-electron chi connectivity index (χ3n) is 4.68. The first-order chi connectivity index (χ1) is 16.0. The van der Waals surface area contributed by atoms with Crippen LogP contribution in [-0.4, -0.2) is 29.8 Å². The van der Waals surface area contributed by atoms with Crippen molar-refractivity contribution >= 4 is 40.2 Å².